The number of thioether (sulfide) groups is 1. The SMILES string of the molecule is CNC(=O)CSc1nnc(CNc2ccc(Cl)cc2)o1. The van der Waals surface area contributed by atoms with E-state index in [0.717, 1.165) is 5.69 Å². The predicted molar refractivity (Wildman–Crippen MR) is 77.9 cm³/mol. The van der Waals surface area contributed by atoms with E-state index in [1.807, 2.05) is 12.1 Å². The maximum atomic E-state index is 11.1. The molecule has 1 aromatic heterocycles. The first kappa shape index (κ1) is 14.7. The largest absolute Gasteiger partial charge is 0.414 e. The number of aromatic nitrogens is 2. The molecule has 0 aliphatic rings. The lowest BCUT2D eigenvalue weighted by Gasteiger charge is -2.02. The lowest BCUT2D eigenvalue weighted by Crippen LogP contribution is -2.19. The van der Waals surface area contributed by atoms with Crippen molar-refractivity contribution in [1.29, 1.82) is 0 Å². The minimum atomic E-state index is -0.0889. The van der Waals surface area contributed by atoms with Gasteiger partial charge in [-0.05, 0) is 24.3 Å². The molecule has 6 nitrogen and oxygen atoms in total. The fourth-order valence-electron chi connectivity index (χ4n) is 1.31. The van der Waals surface area contributed by atoms with Crippen molar-refractivity contribution in [2.45, 2.75) is 11.8 Å². The van der Waals surface area contributed by atoms with E-state index in [1.54, 1.807) is 19.2 Å². The summed E-state index contributed by atoms with van der Waals surface area (Å²) in [5.41, 5.74) is 0.909. The molecule has 1 heterocycles. The summed E-state index contributed by atoms with van der Waals surface area (Å²) in [6, 6.07) is 7.31. The summed E-state index contributed by atoms with van der Waals surface area (Å²) >= 11 is 7.00. The molecule has 1 amide bonds. The van der Waals surface area contributed by atoms with Crippen LogP contribution >= 0.6 is 23.4 Å². The maximum Gasteiger partial charge on any atom is 0.277 e. The molecule has 106 valence electrons. The van der Waals surface area contributed by atoms with Crippen LogP contribution < -0.4 is 10.6 Å². The first-order valence-electron chi connectivity index (χ1n) is 5.82. The lowest BCUT2D eigenvalue weighted by molar-refractivity contribution is -0.118. The molecule has 1 aromatic carbocycles. The molecular weight excluding hydrogens is 300 g/mol. The van der Waals surface area contributed by atoms with Gasteiger partial charge in [0, 0.05) is 17.8 Å². The Labute approximate surface area is 125 Å². The number of halogens is 1. The Hall–Kier alpha value is -1.73. The zero-order chi connectivity index (χ0) is 14.4. The lowest BCUT2D eigenvalue weighted by atomic mass is 10.3. The molecule has 2 rings (SSSR count). The van der Waals surface area contributed by atoms with Crippen LogP contribution in [-0.2, 0) is 11.3 Å². The number of benzene rings is 1. The van der Waals surface area contributed by atoms with E-state index in [1.165, 1.54) is 11.8 Å². The standard InChI is InChI=1S/C12H13ClN4O2S/c1-14-10(18)7-20-12-17-16-11(19-12)6-15-9-4-2-8(13)3-5-9/h2-5,15H,6-7H2,1H3,(H,14,18). The van der Waals surface area contributed by atoms with Gasteiger partial charge in [0.1, 0.15) is 0 Å². The molecule has 0 radical (unpaired) electrons. The molecule has 0 bridgehead atoms. The smallest absolute Gasteiger partial charge is 0.277 e. The van der Waals surface area contributed by atoms with E-state index in [0.29, 0.717) is 22.7 Å². The van der Waals surface area contributed by atoms with Crippen molar-refractivity contribution in [3.63, 3.8) is 0 Å². The number of nitrogens with one attached hydrogen (secondary N) is 2. The van der Waals surface area contributed by atoms with Gasteiger partial charge in [-0.1, -0.05) is 23.4 Å². The van der Waals surface area contributed by atoms with Crippen molar-refractivity contribution >= 4 is 35.0 Å². The molecule has 0 aliphatic carbocycles. The van der Waals surface area contributed by atoms with Crippen LogP contribution in [0.25, 0.3) is 0 Å². The molecule has 20 heavy (non-hydrogen) atoms. The molecule has 0 saturated heterocycles. The Bertz CT molecular complexity index is 573. The summed E-state index contributed by atoms with van der Waals surface area (Å²) in [6.45, 7) is 0.412. The van der Waals surface area contributed by atoms with Crippen LogP contribution in [0.1, 0.15) is 5.89 Å². The number of rotatable bonds is 6. The highest BCUT2D eigenvalue weighted by Gasteiger charge is 2.08. The van der Waals surface area contributed by atoms with E-state index >= 15 is 0 Å². The van der Waals surface area contributed by atoms with Gasteiger partial charge in [-0.25, -0.2) is 0 Å². The van der Waals surface area contributed by atoms with Gasteiger partial charge in [-0.3, -0.25) is 4.79 Å². The number of amides is 1. The van der Waals surface area contributed by atoms with Gasteiger partial charge in [0.05, 0.1) is 12.3 Å². The normalized spacial score (nSPS) is 10.3. The third kappa shape index (κ3) is 4.43. The number of nitrogens with zero attached hydrogens (tertiary/aromatic N) is 2. The Balaban J connectivity index is 1.83. The van der Waals surface area contributed by atoms with E-state index in [4.69, 9.17) is 16.0 Å². The van der Waals surface area contributed by atoms with Gasteiger partial charge in [-0.15, -0.1) is 10.2 Å². The summed E-state index contributed by atoms with van der Waals surface area (Å²) < 4.78 is 5.40. The first-order valence-corrected chi connectivity index (χ1v) is 7.19. The van der Waals surface area contributed by atoms with Gasteiger partial charge >= 0.3 is 0 Å². The molecule has 0 spiro atoms. The summed E-state index contributed by atoms with van der Waals surface area (Å²) in [4.78, 5) is 11.1. The summed E-state index contributed by atoms with van der Waals surface area (Å²) in [5.74, 6) is 0.622. The van der Waals surface area contributed by atoms with Crippen molar-refractivity contribution in [1.82, 2.24) is 15.5 Å². The third-order valence-electron chi connectivity index (χ3n) is 2.34. The minimum Gasteiger partial charge on any atom is -0.414 e. The van der Waals surface area contributed by atoms with E-state index in [9.17, 15) is 4.79 Å². The highest BCUT2D eigenvalue weighted by Crippen LogP contribution is 2.17. The molecule has 0 unspecified atom stereocenters. The Morgan fingerprint density at radius 3 is 2.80 bits per heavy atom. The van der Waals surface area contributed by atoms with Crippen LogP contribution in [0.4, 0.5) is 5.69 Å². The summed E-state index contributed by atoms with van der Waals surface area (Å²) in [6.07, 6.45) is 0. The Kier molecular flexibility index (Phi) is 5.25. The van der Waals surface area contributed by atoms with Crippen LogP contribution in [0.3, 0.4) is 0 Å². The maximum absolute atomic E-state index is 11.1. The first-order chi connectivity index (χ1) is 9.67. The van der Waals surface area contributed by atoms with Crippen molar-refractivity contribution < 1.29 is 9.21 Å². The molecule has 0 saturated carbocycles. The van der Waals surface area contributed by atoms with Gasteiger partial charge in [0.2, 0.25) is 11.8 Å². The van der Waals surface area contributed by atoms with Crippen molar-refractivity contribution in [3.8, 4) is 0 Å². The molecule has 0 aliphatic heterocycles. The molecular formula is C12H13ClN4O2S. The highest BCUT2D eigenvalue weighted by atomic mass is 35.5. The number of hydrogen-bond donors (Lipinski definition) is 2. The monoisotopic (exact) mass is 312 g/mol. The average molecular weight is 313 g/mol. The minimum absolute atomic E-state index is 0.0889. The van der Waals surface area contributed by atoms with Crippen LogP contribution in [0.5, 0.6) is 0 Å². The van der Waals surface area contributed by atoms with Gasteiger partial charge in [-0.2, -0.15) is 0 Å². The van der Waals surface area contributed by atoms with Gasteiger partial charge < -0.3 is 15.1 Å². The Morgan fingerprint density at radius 2 is 2.10 bits per heavy atom. The Morgan fingerprint density at radius 1 is 1.35 bits per heavy atom. The van der Waals surface area contributed by atoms with Crippen molar-refractivity contribution in [3.05, 3.63) is 35.2 Å². The average Bonchev–Trinajstić information content (AvgIpc) is 2.92. The molecule has 2 N–H and O–H groups in total. The van der Waals surface area contributed by atoms with E-state index < -0.39 is 0 Å². The second-order valence-corrected chi connectivity index (χ2v) is 5.15. The topological polar surface area (TPSA) is 80.0 Å². The third-order valence-corrected chi connectivity index (χ3v) is 3.41. The second kappa shape index (κ2) is 7.16. The predicted octanol–water partition coefficient (Wildman–Crippen LogP) is 2.17. The van der Waals surface area contributed by atoms with E-state index in [2.05, 4.69) is 20.8 Å². The van der Waals surface area contributed by atoms with Crippen LogP contribution in [0, 0.1) is 0 Å². The van der Waals surface area contributed by atoms with Gasteiger partial charge in [0.15, 0.2) is 0 Å². The number of hydrogen-bond acceptors (Lipinski definition) is 6. The van der Waals surface area contributed by atoms with Crippen LogP contribution in [0.2, 0.25) is 5.02 Å². The molecule has 0 fully saturated rings. The second-order valence-electron chi connectivity index (χ2n) is 3.78. The fraction of sp³-hybridized carbons (Fsp3) is 0.250. The van der Waals surface area contributed by atoms with Crippen LogP contribution in [0.15, 0.2) is 33.9 Å². The molecule has 8 heteroatoms. The summed E-state index contributed by atoms with van der Waals surface area (Å²) in [5, 5.41) is 14.5. The zero-order valence-electron chi connectivity index (χ0n) is 10.7. The van der Waals surface area contributed by atoms with Gasteiger partial charge in [0.25, 0.3) is 5.22 Å². The quantitative estimate of drug-likeness (QED) is 0.796. The van der Waals surface area contributed by atoms with Crippen LogP contribution in [-0.4, -0.2) is 28.9 Å². The number of anilines is 1. The van der Waals surface area contributed by atoms with Crippen molar-refractivity contribution in [2.24, 2.45) is 0 Å². The fourth-order valence-corrected chi connectivity index (χ4v) is 2.09. The molecule has 2 aromatic rings. The number of carbonyl (C=O) groups excluding carboxylic acids is 1. The number of carbonyl (C=O) groups is 1. The van der Waals surface area contributed by atoms with E-state index in [-0.39, 0.29) is 11.7 Å². The summed E-state index contributed by atoms with van der Waals surface area (Å²) in [7, 11) is 1.58. The zero-order valence-corrected chi connectivity index (χ0v) is 12.3. The highest BCUT2D eigenvalue weighted by molar-refractivity contribution is 7.99. The molecule has 0 atom stereocenters. The van der Waals surface area contributed by atoms with Crippen molar-refractivity contribution in [2.75, 3.05) is 18.1 Å².